The summed E-state index contributed by atoms with van der Waals surface area (Å²) in [6.45, 7) is 0. The fourth-order valence-electron chi connectivity index (χ4n) is 2.41. The van der Waals surface area contributed by atoms with Crippen molar-refractivity contribution in [3.63, 3.8) is 0 Å². The van der Waals surface area contributed by atoms with Crippen LogP contribution in [0.15, 0.2) is 72.9 Å². The van der Waals surface area contributed by atoms with Gasteiger partial charge in [-0.15, -0.1) is 0 Å². The van der Waals surface area contributed by atoms with Gasteiger partial charge in [0, 0.05) is 17.6 Å². The van der Waals surface area contributed by atoms with Crippen molar-refractivity contribution in [3.05, 3.63) is 72.9 Å². The van der Waals surface area contributed by atoms with Crippen molar-refractivity contribution in [2.24, 2.45) is 0 Å². The molecule has 5 heteroatoms. The van der Waals surface area contributed by atoms with Gasteiger partial charge in [0.2, 0.25) is 5.95 Å². The zero-order valence-electron chi connectivity index (χ0n) is 12.3. The Morgan fingerprint density at radius 2 is 1.39 bits per heavy atom. The summed E-state index contributed by atoms with van der Waals surface area (Å²) in [5.41, 5.74) is 3.69. The van der Waals surface area contributed by atoms with Crippen LogP contribution >= 0.6 is 0 Å². The summed E-state index contributed by atoms with van der Waals surface area (Å²) in [6, 6.07) is 21.8. The summed E-state index contributed by atoms with van der Waals surface area (Å²) >= 11 is 0. The standard InChI is InChI=1S/C18H15N5/c1-3-7-13(8-4-1)20-17-16-15(11-12-19-16)22-18(23-17)21-14-9-5-2-6-10-14/h1-12,20H,(H2,21,22,23). The number of aromatic amines is 1. The molecule has 0 saturated heterocycles. The van der Waals surface area contributed by atoms with Crippen LogP contribution in [0.4, 0.5) is 23.1 Å². The molecule has 0 fully saturated rings. The molecule has 0 bridgehead atoms. The molecule has 0 amide bonds. The van der Waals surface area contributed by atoms with Crippen molar-refractivity contribution in [1.82, 2.24) is 15.0 Å². The van der Waals surface area contributed by atoms with Crippen LogP contribution in [0.5, 0.6) is 0 Å². The summed E-state index contributed by atoms with van der Waals surface area (Å²) in [6.07, 6.45) is 1.77. The Hall–Kier alpha value is -3.34. The van der Waals surface area contributed by atoms with E-state index in [4.69, 9.17) is 0 Å². The van der Waals surface area contributed by atoms with Gasteiger partial charge in [0.25, 0.3) is 0 Å². The predicted octanol–water partition coefficient (Wildman–Crippen LogP) is 4.40. The van der Waals surface area contributed by atoms with Gasteiger partial charge >= 0.3 is 0 Å². The summed E-state index contributed by atoms with van der Waals surface area (Å²) in [7, 11) is 0. The van der Waals surface area contributed by atoms with Crippen LogP contribution in [0, 0.1) is 0 Å². The van der Waals surface area contributed by atoms with Crippen LogP contribution in [-0.4, -0.2) is 15.0 Å². The van der Waals surface area contributed by atoms with E-state index < -0.39 is 0 Å². The molecule has 2 aliphatic rings. The molecule has 2 heterocycles. The van der Waals surface area contributed by atoms with Gasteiger partial charge in [-0.25, -0.2) is 0 Å². The van der Waals surface area contributed by atoms with Gasteiger partial charge in [0.1, 0.15) is 5.69 Å². The van der Waals surface area contributed by atoms with E-state index in [0.29, 0.717) is 11.8 Å². The highest BCUT2D eigenvalue weighted by atomic mass is 15.2. The molecule has 0 radical (unpaired) electrons. The zero-order valence-corrected chi connectivity index (χ0v) is 12.3. The molecule has 0 spiro atoms. The minimum absolute atomic E-state index is 0.662. The van der Waals surface area contributed by atoms with E-state index in [1.165, 1.54) is 0 Å². The molecular formula is C18H15N5. The fraction of sp³-hybridized carbons (Fsp3) is 0. The monoisotopic (exact) mass is 301 g/mol. The maximum absolute atomic E-state index is 4.62. The van der Waals surface area contributed by atoms with Crippen LogP contribution in [0.3, 0.4) is 0 Å². The number of benzene rings is 2. The fourth-order valence-corrected chi connectivity index (χ4v) is 2.41. The van der Waals surface area contributed by atoms with Gasteiger partial charge in [0.15, 0.2) is 5.82 Å². The van der Waals surface area contributed by atoms with Crippen molar-refractivity contribution in [1.29, 1.82) is 0 Å². The van der Waals surface area contributed by atoms with Crippen LogP contribution < -0.4 is 10.6 Å². The van der Waals surface area contributed by atoms with Crippen molar-refractivity contribution in [2.75, 3.05) is 10.6 Å². The lowest BCUT2D eigenvalue weighted by molar-refractivity contribution is 1.15. The predicted molar refractivity (Wildman–Crippen MR) is 92.5 cm³/mol. The first-order valence-electron chi connectivity index (χ1n) is 7.37. The van der Waals surface area contributed by atoms with Crippen molar-refractivity contribution in [2.45, 2.75) is 0 Å². The van der Waals surface area contributed by atoms with E-state index in [1.807, 2.05) is 66.7 Å². The first-order chi connectivity index (χ1) is 11.4. The molecular weight excluding hydrogens is 286 g/mol. The number of para-hydroxylation sites is 2. The number of hydrogen-bond donors (Lipinski definition) is 3. The van der Waals surface area contributed by atoms with Gasteiger partial charge in [-0.1, -0.05) is 36.4 Å². The highest BCUT2D eigenvalue weighted by Gasteiger charge is 2.14. The molecule has 3 N–H and O–H groups in total. The third kappa shape index (κ3) is 2.85. The van der Waals surface area contributed by atoms with Gasteiger partial charge < -0.3 is 15.6 Å². The molecule has 5 nitrogen and oxygen atoms in total. The minimum atomic E-state index is 0.662. The maximum Gasteiger partial charge on any atom is 0.207 e. The van der Waals surface area contributed by atoms with E-state index in [2.05, 4.69) is 25.6 Å². The van der Waals surface area contributed by atoms with Crippen LogP contribution in [-0.2, 0) is 0 Å². The number of H-pyrrole nitrogens is 1. The minimum Gasteiger partial charge on any atom is -0.338 e. The zero-order chi connectivity index (χ0) is 15.5. The summed E-state index contributed by atoms with van der Waals surface area (Å²) in [4.78, 5) is 12.3. The molecule has 2 aliphatic heterocycles. The molecule has 0 atom stereocenters. The average Bonchev–Trinajstić information content (AvgIpc) is 3.05. The summed E-state index contributed by atoms with van der Waals surface area (Å²) in [5.74, 6) is 1.38. The molecule has 4 rings (SSSR count). The van der Waals surface area contributed by atoms with E-state index >= 15 is 0 Å². The van der Waals surface area contributed by atoms with E-state index in [9.17, 15) is 0 Å². The second kappa shape index (κ2) is 5.81. The van der Waals surface area contributed by atoms with E-state index in [-0.39, 0.29) is 0 Å². The van der Waals surface area contributed by atoms with Gasteiger partial charge in [-0.2, -0.15) is 4.98 Å². The van der Waals surface area contributed by atoms with Crippen LogP contribution in [0.2, 0.25) is 0 Å². The van der Waals surface area contributed by atoms with Crippen molar-refractivity contribution in [3.8, 4) is 11.4 Å². The number of fused-ring (bicyclic) bond motifs is 1. The number of nitrogens with zero attached hydrogens (tertiary/aromatic N) is 2. The second-order valence-corrected chi connectivity index (χ2v) is 5.12. The topological polar surface area (TPSA) is 65.6 Å². The van der Waals surface area contributed by atoms with E-state index in [1.54, 1.807) is 6.20 Å². The SMILES string of the molecule is c1ccc(Nc2nc(Nc3ccccc3)c3nccc-3[nH]2)cc1. The number of rotatable bonds is 4. The Morgan fingerprint density at radius 3 is 2.09 bits per heavy atom. The van der Waals surface area contributed by atoms with Gasteiger partial charge in [-0.05, 0) is 30.3 Å². The number of nitrogens with one attached hydrogen (secondary N) is 3. The van der Waals surface area contributed by atoms with Crippen molar-refractivity contribution < 1.29 is 0 Å². The second-order valence-electron chi connectivity index (χ2n) is 5.12. The largest absolute Gasteiger partial charge is 0.338 e. The lowest BCUT2D eigenvalue weighted by Crippen LogP contribution is -2.04. The van der Waals surface area contributed by atoms with Crippen molar-refractivity contribution >= 4 is 23.1 Å². The molecule has 0 aromatic heterocycles. The molecule has 0 saturated carbocycles. The van der Waals surface area contributed by atoms with Crippen LogP contribution in [0.25, 0.3) is 11.4 Å². The van der Waals surface area contributed by atoms with Gasteiger partial charge in [-0.3, -0.25) is 4.98 Å². The number of aromatic nitrogens is 3. The first kappa shape index (κ1) is 13.3. The average molecular weight is 301 g/mol. The molecule has 0 unspecified atom stereocenters. The lowest BCUT2D eigenvalue weighted by Gasteiger charge is -2.13. The quantitative estimate of drug-likeness (QED) is 0.523. The Balaban J connectivity index is 1.71. The summed E-state index contributed by atoms with van der Waals surface area (Å²) < 4.78 is 0. The smallest absolute Gasteiger partial charge is 0.207 e. The van der Waals surface area contributed by atoms with Crippen LogP contribution in [0.1, 0.15) is 0 Å². The molecule has 112 valence electrons. The highest BCUT2D eigenvalue weighted by molar-refractivity contribution is 5.76. The summed E-state index contributed by atoms with van der Waals surface area (Å²) in [5, 5.41) is 6.60. The molecule has 2 aromatic carbocycles. The Kier molecular flexibility index (Phi) is 3.37. The number of hydrogen-bond acceptors (Lipinski definition) is 4. The third-order valence-corrected chi connectivity index (χ3v) is 3.47. The third-order valence-electron chi connectivity index (χ3n) is 3.47. The molecule has 0 aliphatic carbocycles. The normalized spacial score (nSPS) is 10.6. The maximum atomic E-state index is 4.62. The first-order valence-corrected chi connectivity index (χ1v) is 7.37. The molecule has 2 aromatic rings. The Labute approximate surface area is 133 Å². The number of anilines is 4. The Bertz CT molecular complexity index is 870. The van der Waals surface area contributed by atoms with Gasteiger partial charge in [0.05, 0.1) is 5.69 Å². The lowest BCUT2D eigenvalue weighted by atomic mass is 10.3. The van der Waals surface area contributed by atoms with E-state index in [0.717, 1.165) is 22.8 Å². The Morgan fingerprint density at radius 1 is 0.739 bits per heavy atom. The molecule has 23 heavy (non-hydrogen) atoms. The highest BCUT2D eigenvalue weighted by Crippen LogP contribution is 2.29.